The molecule has 7 nitrogen and oxygen atoms in total. The molecule has 0 atom stereocenters. The highest BCUT2D eigenvalue weighted by Gasteiger charge is 2.09. The Hall–Kier alpha value is -2.12. The molecule has 94 valence electrons. The third-order valence-electron chi connectivity index (χ3n) is 2.20. The van der Waals surface area contributed by atoms with Crippen molar-refractivity contribution in [2.45, 2.75) is 6.54 Å². The Labute approximate surface area is 108 Å². The predicted octanol–water partition coefficient (Wildman–Crippen LogP) is 0.674. The molecule has 5 N–H and O–H groups in total. The van der Waals surface area contributed by atoms with Crippen molar-refractivity contribution in [3.05, 3.63) is 41.1 Å². The quantitative estimate of drug-likeness (QED) is 0.370. The highest BCUT2D eigenvalue weighted by molar-refractivity contribution is 6.29. The molecular formula is C10H11ClN6O. The topological polar surface area (TPSA) is 109 Å². The number of hydrazine groups is 1. The summed E-state index contributed by atoms with van der Waals surface area (Å²) in [5.74, 6) is 5.28. The van der Waals surface area contributed by atoms with Gasteiger partial charge in [0.2, 0.25) is 0 Å². The lowest BCUT2D eigenvalue weighted by Crippen LogP contribution is -2.23. The molecule has 2 aromatic heterocycles. The van der Waals surface area contributed by atoms with Gasteiger partial charge in [-0.2, -0.15) is 0 Å². The van der Waals surface area contributed by atoms with Crippen molar-refractivity contribution in [1.82, 2.24) is 20.3 Å². The van der Waals surface area contributed by atoms with E-state index in [4.69, 9.17) is 17.4 Å². The van der Waals surface area contributed by atoms with Crippen LogP contribution in [0, 0.1) is 0 Å². The maximum atomic E-state index is 11.9. The van der Waals surface area contributed by atoms with Crippen LogP contribution in [0.2, 0.25) is 5.15 Å². The number of imidazole rings is 1. The van der Waals surface area contributed by atoms with Gasteiger partial charge in [-0.1, -0.05) is 11.6 Å². The predicted molar refractivity (Wildman–Crippen MR) is 66.8 cm³/mol. The SMILES string of the molecule is NNc1cc(C(=O)NCc2cnc[nH]2)cc(Cl)n1. The number of H-pyrrole nitrogens is 1. The van der Waals surface area contributed by atoms with Crippen molar-refractivity contribution >= 4 is 23.3 Å². The van der Waals surface area contributed by atoms with E-state index in [1.165, 1.54) is 12.1 Å². The average molecular weight is 267 g/mol. The molecule has 8 heteroatoms. The zero-order chi connectivity index (χ0) is 13.0. The monoisotopic (exact) mass is 266 g/mol. The lowest BCUT2D eigenvalue weighted by atomic mass is 10.2. The lowest BCUT2D eigenvalue weighted by molar-refractivity contribution is 0.0950. The van der Waals surface area contributed by atoms with E-state index in [2.05, 4.69) is 25.7 Å². The van der Waals surface area contributed by atoms with Crippen LogP contribution in [0.4, 0.5) is 5.82 Å². The number of nitrogens with zero attached hydrogens (tertiary/aromatic N) is 2. The van der Waals surface area contributed by atoms with Crippen LogP contribution in [0.15, 0.2) is 24.7 Å². The molecule has 0 aliphatic rings. The summed E-state index contributed by atoms with van der Waals surface area (Å²) in [5, 5.41) is 2.91. The number of hydrogen-bond donors (Lipinski definition) is 4. The summed E-state index contributed by atoms with van der Waals surface area (Å²) in [4.78, 5) is 22.5. The smallest absolute Gasteiger partial charge is 0.251 e. The fraction of sp³-hybridized carbons (Fsp3) is 0.100. The zero-order valence-electron chi connectivity index (χ0n) is 9.27. The number of nitrogens with one attached hydrogen (secondary N) is 3. The third kappa shape index (κ3) is 2.96. The van der Waals surface area contributed by atoms with Crippen molar-refractivity contribution < 1.29 is 4.79 Å². The Bertz CT molecular complexity index is 541. The summed E-state index contributed by atoms with van der Waals surface area (Å²) in [6.07, 6.45) is 3.17. The molecule has 0 unspecified atom stereocenters. The Balaban J connectivity index is 2.06. The van der Waals surface area contributed by atoms with Crippen molar-refractivity contribution in [3.63, 3.8) is 0 Å². The Morgan fingerprint density at radius 3 is 3.00 bits per heavy atom. The van der Waals surface area contributed by atoms with Gasteiger partial charge in [-0.25, -0.2) is 15.8 Å². The standard InChI is InChI=1S/C10H11ClN6O/c11-8-1-6(2-9(16-8)17-12)10(18)14-4-7-3-13-5-15-7/h1-3,5H,4,12H2,(H,13,15)(H,14,18)(H,16,17). The van der Waals surface area contributed by atoms with Gasteiger partial charge < -0.3 is 15.7 Å². The molecule has 0 bridgehead atoms. The second-order valence-corrected chi connectivity index (χ2v) is 3.85. The number of pyridine rings is 1. The lowest BCUT2D eigenvalue weighted by Gasteiger charge is -2.06. The summed E-state index contributed by atoms with van der Waals surface area (Å²) < 4.78 is 0. The second-order valence-electron chi connectivity index (χ2n) is 3.47. The van der Waals surface area contributed by atoms with Crippen LogP contribution in [0.5, 0.6) is 0 Å². The van der Waals surface area contributed by atoms with E-state index in [0.29, 0.717) is 17.9 Å². The van der Waals surface area contributed by atoms with Crippen LogP contribution in [0.1, 0.15) is 16.1 Å². The number of nitrogens with two attached hydrogens (primary N) is 1. The Morgan fingerprint density at radius 2 is 2.33 bits per heavy atom. The van der Waals surface area contributed by atoms with Crippen LogP contribution >= 0.6 is 11.6 Å². The van der Waals surface area contributed by atoms with Crippen molar-refractivity contribution in [3.8, 4) is 0 Å². The summed E-state index contributed by atoms with van der Waals surface area (Å²) in [7, 11) is 0. The van der Waals surface area contributed by atoms with Crippen LogP contribution in [0.25, 0.3) is 0 Å². The number of amides is 1. The van der Waals surface area contributed by atoms with Gasteiger partial charge in [-0.3, -0.25) is 4.79 Å². The van der Waals surface area contributed by atoms with E-state index in [1.54, 1.807) is 12.5 Å². The molecule has 0 radical (unpaired) electrons. The molecule has 2 aromatic rings. The molecule has 2 rings (SSSR count). The molecule has 0 saturated heterocycles. The number of aromatic amines is 1. The molecule has 0 spiro atoms. The van der Waals surface area contributed by atoms with Gasteiger partial charge >= 0.3 is 0 Å². The van der Waals surface area contributed by atoms with Gasteiger partial charge in [0.15, 0.2) is 0 Å². The fourth-order valence-electron chi connectivity index (χ4n) is 1.36. The summed E-state index contributed by atoms with van der Waals surface area (Å²) >= 11 is 5.77. The van der Waals surface area contributed by atoms with E-state index >= 15 is 0 Å². The molecule has 18 heavy (non-hydrogen) atoms. The first-order valence-corrected chi connectivity index (χ1v) is 5.46. The summed E-state index contributed by atoms with van der Waals surface area (Å²) in [6.45, 7) is 0.351. The second kappa shape index (κ2) is 5.48. The average Bonchev–Trinajstić information content (AvgIpc) is 2.88. The van der Waals surface area contributed by atoms with Gasteiger partial charge in [-0.05, 0) is 12.1 Å². The minimum atomic E-state index is -0.273. The molecular weight excluding hydrogens is 256 g/mol. The fourth-order valence-corrected chi connectivity index (χ4v) is 1.57. The molecule has 0 aromatic carbocycles. The summed E-state index contributed by atoms with van der Waals surface area (Å²) in [5.41, 5.74) is 3.52. The zero-order valence-corrected chi connectivity index (χ0v) is 10.0. The highest BCUT2D eigenvalue weighted by atomic mass is 35.5. The van der Waals surface area contributed by atoms with Crippen LogP contribution in [-0.4, -0.2) is 20.9 Å². The minimum absolute atomic E-state index is 0.192. The molecule has 0 fully saturated rings. The van der Waals surface area contributed by atoms with Crippen LogP contribution in [-0.2, 0) is 6.54 Å². The van der Waals surface area contributed by atoms with E-state index < -0.39 is 0 Å². The van der Waals surface area contributed by atoms with Gasteiger partial charge in [-0.15, -0.1) is 0 Å². The maximum absolute atomic E-state index is 11.9. The molecule has 0 aliphatic carbocycles. The number of nitrogen functional groups attached to an aromatic ring is 1. The minimum Gasteiger partial charge on any atom is -0.347 e. The van der Waals surface area contributed by atoms with Crippen molar-refractivity contribution in [2.75, 3.05) is 5.43 Å². The van der Waals surface area contributed by atoms with Crippen molar-refractivity contribution in [2.24, 2.45) is 5.84 Å². The number of hydrogen-bond acceptors (Lipinski definition) is 5. The normalized spacial score (nSPS) is 10.1. The van der Waals surface area contributed by atoms with Gasteiger partial charge in [0.05, 0.1) is 18.6 Å². The number of rotatable bonds is 4. The van der Waals surface area contributed by atoms with Crippen LogP contribution in [0.3, 0.4) is 0 Å². The third-order valence-corrected chi connectivity index (χ3v) is 2.39. The number of carbonyl (C=O) groups excluding carboxylic acids is 1. The first kappa shape index (κ1) is 12.3. The number of aromatic nitrogens is 3. The number of carbonyl (C=O) groups is 1. The molecule has 0 aliphatic heterocycles. The van der Waals surface area contributed by atoms with Crippen molar-refractivity contribution in [1.29, 1.82) is 0 Å². The maximum Gasteiger partial charge on any atom is 0.251 e. The highest BCUT2D eigenvalue weighted by Crippen LogP contribution is 2.13. The summed E-state index contributed by atoms with van der Waals surface area (Å²) in [6, 6.07) is 2.97. The number of halogens is 1. The first-order valence-electron chi connectivity index (χ1n) is 5.08. The van der Waals surface area contributed by atoms with E-state index in [1.807, 2.05) is 0 Å². The van der Waals surface area contributed by atoms with E-state index in [9.17, 15) is 4.79 Å². The first-order chi connectivity index (χ1) is 8.69. The molecule has 0 saturated carbocycles. The molecule has 1 amide bonds. The Morgan fingerprint density at radius 1 is 1.50 bits per heavy atom. The van der Waals surface area contributed by atoms with Crippen LogP contribution < -0.4 is 16.6 Å². The van der Waals surface area contributed by atoms with E-state index in [0.717, 1.165) is 5.69 Å². The number of anilines is 1. The molecule has 2 heterocycles. The van der Waals surface area contributed by atoms with Gasteiger partial charge in [0.25, 0.3) is 5.91 Å². The van der Waals surface area contributed by atoms with Gasteiger partial charge in [0.1, 0.15) is 11.0 Å². The van der Waals surface area contributed by atoms with E-state index in [-0.39, 0.29) is 11.1 Å². The van der Waals surface area contributed by atoms with Gasteiger partial charge in [0, 0.05) is 11.8 Å². The largest absolute Gasteiger partial charge is 0.347 e. The Kier molecular flexibility index (Phi) is 3.75.